The molecule has 0 aliphatic carbocycles. The van der Waals surface area contributed by atoms with E-state index in [-0.39, 0.29) is 0 Å². The molecule has 1 aromatic heterocycles. The SMILES string of the molecule is Cc1nc(CN2CCCC(CCN)C2)oc1C. The van der Waals surface area contributed by atoms with Gasteiger partial charge in [0.2, 0.25) is 5.89 Å². The van der Waals surface area contributed by atoms with E-state index < -0.39 is 0 Å². The van der Waals surface area contributed by atoms with Crippen molar-refractivity contribution >= 4 is 0 Å². The summed E-state index contributed by atoms with van der Waals surface area (Å²) in [4.78, 5) is 6.88. The van der Waals surface area contributed by atoms with Gasteiger partial charge < -0.3 is 10.2 Å². The van der Waals surface area contributed by atoms with Crippen LogP contribution in [0.3, 0.4) is 0 Å². The molecule has 1 aromatic rings. The summed E-state index contributed by atoms with van der Waals surface area (Å²) in [5.74, 6) is 2.55. The molecule has 0 bridgehead atoms. The van der Waals surface area contributed by atoms with Crippen LogP contribution in [0, 0.1) is 19.8 Å². The summed E-state index contributed by atoms with van der Waals surface area (Å²) in [5.41, 5.74) is 6.64. The lowest BCUT2D eigenvalue weighted by Gasteiger charge is -2.31. The Kier molecular flexibility index (Phi) is 4.18. The fraction of sp³-hybridized carbons (Fsp3) is 0.769. The first kappa shape index (κ1) is 12.6. The predicted molar refractivity (Wildman–Crippen MR) is 67.6 cm³/mol. The molecule has 0 saturated carbocycles. The zero-order valence-corrected chi connectivity index (χ0v) is 10.9. The molecule has 2 N–H and O–H groups in total. The number of aromatic nitrogens is 1. The molecule has 1 aliphatic heterocycles. The number of hydrogen-bond donors (Lipinski definition) is 1. The topological polar surface area (TPSA) is 55.3 Å². The van der Waals surface area contributed by atoms with Gasteiger partial charge in [-0.05, 0) is 52.1 Å². The summed E-state index contributed by atoms with van der Waals surface area (Å²) in [5, 5.41) is 0. The molecular weight excluding hydrogens is 214 g/mol. The summed E-state index contributed by atoms with van der Waals surface area (Å²) in [6.45, 7) is 7.90. The third-order valence-electron chi connectivity index (χ3n) is 3.61. The second kappa shape index (κ2) is 5.65. The first-order chi connectivity index (χ1) is 8.19. The van der Waals surface area contributed by atoms with Crippen LogP contribution in [0.5, 0.6) is 0 Å². The Balaban J connectivity index is 1.90. The van der Waals surface area contributed by atoms with Crippen molar-refractivity contribution in [2.45, 2.75) is 39.7 Å². The Bertz CT molecular complexity index is 340. The highest BCUT2D eigenvalue weighted by Crippen LogP contribution is 2.21. The van der Waals surface area contributed by atoms with Crippen molar-refractivity contribution in [3.05, 3.63) is 17.3 Å². The molecule has 1 fully saturated rings. The van der Waals surface area contributed by atoms with Crippen molar-refractivity contribution in [2.75, 3.05) is 19.6 Å². The monoisotopic (exact) mass is 237 g/mol. The van der Waals surface area contributed by atoms with Crippen molar-refractivity contribution in [1.29, 1.82) is 0 Å². The van der Waals surface area contributed by atoms with E-state index in [1.54, 1.807) is 0 Å². The van der Waals surface area contributed by atoms with Gasteiger partial charge in [0.15, 0.2) is 0 Å². The molecule has 1 unspecified atom stereocenters. The molecule has 2 heterocycles. The van der Waals surface area contributed by atoms with Crippen molar-refractivity contribution in [3.8, 4) is 0 Å². The van der Waals surface area contributed by atoms with Crippen LogP contribution in [0.2, 0.25) is 0 Å². The highest BCUT2D eigenvalue weighted by molar-refractivity contribution is 5.05. The van der Waals surface area contributed by atoms with Crippen LogP contribution in [0.25, 0.3) is 0 Å². The zero-order chi connectivity index (χ0) is 12.3. The average molecular weight is 237 g/mol. The minimum absolute atomic E-state index is 0.755. The van der Waals surface area contributed by atoms with E-state index >= 15 is 0 Å². The smallest absolute Gasteiger partial charge is 0.208 e. The van der Waals surface area contributed by atoms with Gasteiger partial charge in [-0.1, -0.05) is 0 Å². The van der Waals surface area contributed by atoms with E-state index in [9.17, 15) is 0 Å². The minimum atomic E-state index is 0.755. The fourth-order valence-electron chi connectivity index (χ4n) is 2.56. The van der Waals surface area contributed by atoms with Gasteiger partial charge in [0.1, 0.15) is 5.76 Å². The molecule has 1 saturated heterocycles. The van der Waals surface area contributed by atoms with Gasteiger partial charge in [-0.25, -0.2) is 4.98 Å². The molecular formula is C13H23N3O. The highest BCUT2D eigenvalue weighted by Gasteiger charge is 2.20. The molecule has 0 radical (unpaired) electrons. The summed E-state index contributed by atoms with van der Waals surface area (Å²) < 4.78 is 5.63. The van der Waals surface area contributed by atoms with Crippen LogP contribution in [-0.2, 0) is 6.54 Å². The molecule has 1 aliphatic rings. The molecule has 2 rings (SSSR count). The molecule has 17 heavy (non-hydrogen) atoms. The maximum Gasteiger partial charge on any atom is 0.208 e. The van der Waals surface area contributed by atoms with Crippen molar-refractivity contribution in [3.63, 3.8) is 0 Å². The minimum Gasteiger partial charge on any atom is -0.444 e. The Labute approximate surface area is 103 Å². The van der Waals surface area contributed by atoms with Gasteiger partial charge in [-0.2, -0.15) is 0 Å². The summed E-state index contributed by atoms with van der Waals surface area (Å²) >= 11 is 0. The van der Waals surface area contributed by atoms with Gasteiger partial charge in [-0.15, -0.1) is 0 Å². The van der Waals surface area contributed by atoms with Crippen molar-refractivity contribution < 1.29 is 4.42 Å². The maximum absolute atomic E-state index is 5.63. The Morgan fingerprint density at radius 2 is 2.29 bits per heavy atom. The first-order valence-corrected chi connectivity index (χ1v) is 6.54. The van der Waals surface area contributed by atoms with Crippen LogP contribution in [0.1, 0.15) is 36.6 Å². The molecule has 1 atom stereocenters. The van der Waals surface area contributed by atoms with Crippen LogP contribution in [0.4, 0.5) is 0 Å². The van der Waals surface area contributed by atoms with E-state index in [0.717, 1.165) is 55.9 Å². The number of nitrogens with two attached hydrogens (primary N) is 1. The van der Waals surface area contributed by atoms with Gasteiger partial charge >= 0.3 is 0 Å². The lowest BCUT2D eigenvalue weighted by atomic mass is 9.95. The quantitative estimate of drug-likeness (QED) is 0.868. The van der Waals surface area contributed by atoms with Crippen molar-refractivity contribution in [1.82, 2.24) is 9.88 Å². The molecule has 0 spiro atoms. The molecule has 96 valence electrons. The third-order valence-corrected chi connectivity index (χ3v) is 3.61. The van der Waals surface area contributed by atoms with E-state index in [4.69, 9.17) is 10.2 Å². The maximum atomic E-state index is 5.63. The molecule has 0 aromatic carbocycles. The van der Waals surface area contributed by atoms with E-state index in [2.05, 4.69) is 9.88 Å². The number of nitrogens with zero attached hydrogens (tertiary/aromatic N) is 2. The van der Waals surface area contributed by atoms with E-state index in [1.807, 2.05) is 13.8 Å². The van der Waals surface area contributed by atoms with Gasteiger partial charge in [0.25, 0.3) is 0 Å². The lowest BCUT2D eigenvalue weighted by Crippen LogP contribution is -2.35. The standard InChI is InChI=1S/C13H23N3O/c1-10-11(2)17-13(15-10)9-16-7-3-4-12(8-16)5-6-14/h12H,3-9,14H2,1-2H3. The Morgan fingerprint density at radius 1 is 1.47 bits per heavy atom. The van der Waals surface area contributed by atoms with Crippen LogP contribution in [0.15, 0.2) is 4.42 Å². The predicted octanol–water partition coefficient (Wildman–Crippen LogP) is 1.85. The number of aryl methyl sites for hydroxylation is 2. The molecule has 4 nitrogen and oxygen atoms in total. The van der Waals surface area contributed by atoms with Crippen molar-refractivity contribution in [2.24, 2.45) is 11.7 Å². The second-order valence-electron chi connectivity index (χ2n) is 5.07. The number of piperidine rings is 1. The van der Waals surface area contributed by atoms with Crippen LogP contribution >= 0.6 is 0 Å². The molecule has 4 heteroatoms. The Morgan fingerprint density at radius 3 is 2.94 bits per heavy atom. The largest absolute Gasteiger partial charge is 0.444 e. The zero-order valence-electron chi connectivity index (χ0n) is 10.9. The second-order valence-corrected chi connectivity index (χ2v) is 5.07. The van der Waals surface area contributed by atoms with Gasteiger partial charge in [0, 0.05) is 6.54 Å². The van der Waals surface area contributed by atoms with Crippen LogP contribution < -0.4 is 5.73 Å². The summed E-state index contributed by atoms with van der Waals surface area (Å²) in [7, 11) is 0. The molecule has 0 amide bonds. The normalized spacial score (nSPS) is 21.9. The van der Waals surface area contributed by atoms with Crippen LogP contribution in [-0.4, -0.2) is 29.5 Å². The lowest BCUT2D eigenvalue weighted by molar-refractivity contribution is 0.150. The van der Waals surface area contributed by atoms with Gasteiger partial charge in [-0.3, -0.25) is 4.90 Å². The first-order valence-electron chi connectivity index (χ1n) is 6.54. The number of hydrogen-bond acceptors (Lipinski definition) is 4. The third kappa shape index (κ3) is 3.30. The van der Waals surface area contributed by atoms with Gasteiger partial charge in [0.05, 0.1) is 12.2 Å². The highest BCUT2D eigenvalue weighted by atomic mass is 16.4. The Hall–Kier alpha value is -0.870. The van der Waals surface area contributed by atoms with E-state index in [1.165, 1.54) is 12.8 Å². The number of likely N-dealkylation sites (tertiary alicyclic amines) is 1. The fourth-order valence-corrected chi connectivity index (χ4v) is 2.56. The summed E-state index contributed by atoms with van der Waals surface area (Å²) in [6.07, 6.45) is 3.72. The summed E-state index contributed by atoms with van der Waals surface area (Å²) in [6, 6.07) is 0. The van der Waals surface area contributed by atoms with E-state index in [0.29, 0.717) is 0 Å². The average Bonchev–Trinajstić information content (AvgIpc) is 2.59. The number of oxazole rings is 1. The number of rotatable bonds is 4.